The Morgan fingerprint density at radius 1 is 0.900 bits per heavy atom. The van der Waals surface area contributed by atoms with Crippen molar-refractivity contribution in [3.8, 4) is 0 Å². The fourth-order valence-corrected chi connectivity index (χ4v) is 4.77. The van der Waals surface area contributed by atoms with E-state index in [1.54, 1.807) is 0 Å². The van der Waals surface area contributed by atoms with Crippen LogP contribution in [-0.4, -0.2) is 53.8 Å². The summed E-state index contributed by atoms with van der Waals surface area (Å²) in [5, 5.41) is 3.14. The second kappa shape index (κ2) is 9.43. The van der Waals surface area contributed by atoms with Crippen LogP contribution in [0, 0.1) is 12.8 Å². The normalized spacial score (nSPS) is 18.9. The molecule has 0 bridgehead atoms. The van der Waals surface area contributed by atoms with E-state index in [1.165, 1.54) is 18.4 Å². The maximum atomic E-state index is 13.3. The topological polar surface area (TPSA) is 52.7 Å². The van der Waals surface area contributed by atoms with E-state index in [0.29, 0.717) is 19.0 Å². The fourth-order valence-electron chi connectivity index (χ4n) is 4.77. The van der Waals surface area contributed by atoms with Gasteiger partial charge in [0.05, 0.1) is 6.04 Å². The van der Waals surface area contributed by atoms with Gasteiger partial charge < -0.3 is 10.2 Å². The fraction of sp³-hybridized carbons (Fsp3) is 0.440. The Morgan fingerprint density at radius 3 is 2.17 bits per heavy atom. The summed E-state index contributed by atoms with van der Waals surface area (Å²) in [6.45, 7) is 4.84. The first-order chi connectivity index (χ1) is 14.6. The molecule has 2 aliphatic rings. The van der Waals surface area contributed by atoms with E-state index in [0.717, 1.165) is 37.2 Å². The zero-order valence-corrected chi connectivity index (χ0v) is 17.7. The number of carbonyl (C=O) groups excluding carboxylic acids is 2. The number of nitrogens with zero attached hydrogens (tertiary/aromatic N) is 2. The van der Waals surface area contributed by atoms with E-state index in [1.807, 2.05) is 66.4 Å². The number of hydrogen-bond acceptors (Lipinski definition) is 3. The Labute approximate surface area is 179 Å². The smallest absolute Gasteiger partial charge is 0.253 e. The van der Waals surface area contributed by atoms with Crippen LogP contribution in [0.4, 0.5) is 5.69 Å². The summed E-state index contributed by atoms with van der Waals surface area (Å²) in [6, 6.07) is 17.3. The molecule has 2 amide bonds. The molecule has 0 aromatic heterocycles. The Bertz CT molecular complexity index is 852. The number of benzene rings is 2. The molecular weight excluding hydrogens is 374 g/mol. The summed E-state index contributed by atoms with van der Waals surface area (Å²) in [5.74, 6) is 0.567. The minimum absolute atomic E-state index is 0.0803. The van der Waals surface area contributed by atoms with Gasteiger partial charge in [-0.2, -0.15) is 0 Å². The van der Waals surface area contributed by atoms with Gasteiger partial charge in [0.1, 0.15) is 0 Å². The largest absolute Gasteiger partial charge is 0.336 e. The average molecular weight is 406 g/mol. The first-order valence-corrected chi connectivity index (χ1v) is 11.1. The Morgan fingerprint density at radius 2 is 1.53 bits per heavy atom. The highest BCUT2D eigenvalue weighted by molar-refractivity contribution is 5.95. The van der Waals surface area contributed by atoms with Gasteiger partial charge in [-0.3, -0.25) is 14.5 Å². The van der Waals surface area contributed by atoms with Gasteiger partial charge >= 0.3 is 0 Å². The number of amides is 2. The van der Waals surface area contributed by atoms with Crippen molar-refractivity contribution in [3.63, 3.8) is 0 Å². The SMILES string of the molecule is Cc1ccc(NC(=O)C(C2CCCC2)N2CCN(C(=O)c3ccccc3)CC2)cc1. The molecule has 1 N–H and O–H groups in total. The molecule has 30 heavy (non-hydrogen) atoms. The highest BCUT2D eigenvalue weighted by Crippen LogP contribution is 2.31. The molecule has 1 saturated heterocycles. The summed E-state index contributed by atoms with van der Waals surface area (Å²) in [6.07, 6.45) is 4.61. The molecule has 1 aliphatic heterocycles. The van der Waals surface area contributed by atoms with Gasteiger partial charge in [-0.05, 0) is 49.9 Å². The predicted molar refractivity (Wildman–Crippen MR) is 119 cm³/mol. The lowest BCUT2D eigenvalue weighted by Crippen LogP contribution is -2.56. The summed E-state index contributed by atoms with van der Waals surface area (Å²) in [4.78, 5) is 30.3. The monoisotopic (exact) mass is 405 g/mol. The van der Waals surface area contributed by atoms with Crippen LogP contribution < -0.4 is 5.32 Å². The molecule has 5 heteroatoms. The second-order valence-corrected chi connectivity index (χ2v) is 8.54. The molecular formula is C25H31N3O2. The van der Waals surface area contributed by atoms with Gasteiger partial charge in [0, 0.05) is 37.4 Å². The number of anilines is 1. The van der Waals surface area contributed by atoms with Crippen molar-refractivity contribution >= 4 is 17.5 Å². The van der Waals surface area contributed by atoms with Crippen LogP contribution in [0.25, 0.3) is 0 Å². The molecule has 0 radical (unpaired) electrons. The van der Waals surface area contributed by atoms with Crippen LogP contribution in [0.5, 0.6) is 0 Å². The minimum atomic E-state index is -0.122. The number of piperazine rings is 1. The second-order valence-electron chi connectivity index (χ2n) is 8.54. The van der Waals surface area contributed by atoms with Crippen molar-refractivity contribution in [2.45, 2.75) is 38.6 Å². The standard InChI is InChI=1S/C25H31N3O2/c1-19-11-13-22(14-12-19)26-24(29)23(20-7-5-6-8-20)27-15-17-28(18-16-27)25(30)21-9-3-2-4-10-21/h2-4,9-14,20,23H,5-8,15-18H2,1H3,(H,26,29). The van der Waals surface area contributed by atoms with Crippen molar-refractivity contribution in [1.82, 2.24) is 9.80 Å². The minimum Gasteiger partial charge on any atom is -0.336 e. The van der Waals surface area contributed by atoms with E-state index in [9.17, 15) is 9.59 Å². The lowest BCUT2D eigenvalue weighted by molar-refractivity contribution is -0.123. The average Bonchev–Trinajstić information content (AvgIpc) is 3.30. The molecule has 1 atom stereocenters. The van der Waals surface area contributed by atoms with Gasteiger partial charge in [0.2, 0.25) is 5.91 Å². The van der Waals surface area contributed by atoms with Crippen LogP contribution in [-0.2, 0) is 4.79 Å². The molecule has 5 nitrogen and oxygen atoms in total. The lowest BCUT2D eigenvalue weighted by atomic mass is 9.94. The van der Waals surface area contributed by atoms with Gasteiger partial charge in [0.25, 0.3) is 5.91 Å². The first-order valence-electron chi connectivity index (χ1n) is 11.1. The molecule has 2 fully saturated rings. The van der Waals surface area contributed by atoms with Crippen LogP contribution in [0.2, 0.25) is 0 Å². The Balaban J connectivity index is 1.42. The third-order valence-corrected chi connectivity index (χ3v) is 6.45. The quantitative estimate of drug-likeness (QED) is 0.820. The molecule has 1 aliphatic carbocycles. The molecule has 0 spiro atoms. The number of hydrogen-bond donors (Lipinski definition) is 1. The zero-order chi connectivity index (χ0) is 20.9. The number of rotatable bonds is 5. The third kappa shape index (κ3) is 4.73. The van der Waals surface area contributed by atoms with E-state index >= 15 is 0 Å². The van der Waals surface area contributed by atoms with Crippen LogP contribution in [0.1, 0.15) is 41.6 Å². The molecule has 1 unspecified atom stereocenters. The number of carbonyl (C=O) groups is 2. The molecule has 1 heterocycles. The van der Waals surface area contributed by atoms with Gasteiger partial charge in [-0.1, -0.05) is 48.7 Å². The zero-order valence-electron chi connectivity index (χ0n) is 17.7. The van der Waals surface area contributed by atoms with E-state index in [2.05, 4.69) is 10.2 Å². The van der Waals surface area contributed by atoms with Gasteiger partial charge in [-0.15, -0.1) is 0 Å². The van der Waals surface area contributed by atoms with Crippen molar-refractivity contribution in [2.75, 3.05) is 31.5 Å². The molecule has 1 saturated carbocycles. The Kier molecular flexibility index (Phi) is 6.48. The number of aryl methyl sites for hydroxylation is 1. The van der Waals surface area contributed by atoms with E-state index in [4.69, 9.17) is 0 Å². The molecule has 2 aromatic carbocycles. The summed E-state index contributed by atoms with van der Waals surface area (Å²) < 4.78 is 0. The third-order valence-electron chi connectivity index (χ3n) is 6.45. The molecule has 4 rings (SSSR count). The van der Waals surface area contributed by atoms with E-state index in [-0.39, 0.29) is 17.9 Å². The van der Waals surface area contributed by atoms with Crippen LogP contribution in [0.3, 0.4) is 0 Å². The highest BCUT2D eigenvalue weighted by atomic mass is 16.2. The van der Waals surface area contributed by atoms with Gasteiger partial charge in [0.15, 0.2) is 0 Å². The van der Waals surface area contributed by atoms with Gasteiger partial charge in [-0.25, -0.2) is 0 Å². The summed E-state index contributed by atoms with van der Waals surface area (Å²) in [7, 11) is 0. The maximum absolute atomic E-state index is 13.3. The van der Waals surface area contributed by atoms with Crippen LogP contribution in [0.15, 0.2) is 54.6 Å². The van der Waals surface area contributed by atoms with Crippen molar-refractivity contribution in [2.24, 2.45) is 5.92 Å². The first kappa shape index (κ1) is 20.6. The maximum Gasteiger partial charge on any atom is 0.253 e. The van der Waals surface area contributed by atoms with Crippen LogP contribution >= 0.6 is 0 Å². The summed E-state index contributed by atoms with van der Waals surface area (Å²) in [5.41, 5.74) is 2.77. The Hall–Kier alpha value is -2.66. The summed E-state index contributed by atoms with van der Waals surface area (Å²) >= 11 is 0. The number of nitrogens with one attached hydrogen (secondary N) is 1. The van der Waals surface area contributed by atoms with Crippen molar-refractivity contribution < 1.29 is 9.59 Å². The predicted octanol–water partition coefficient (Wildman–Crippen LogP) is 3.95. The molecule has 2 aromatic rings. The molecule has 158 valence electrons. The van der Waals surface area contributed by atoms with Crippen molar-refractivity contribution in [3.05, 3.63) is 65.7 Å². The lowest BCUT2D eigenvalue weighted by Gasteiger charge is -2.40. The van der Waals surface area contributed by atoms with Crippen molar-refractivity contribution in [1.29, 1.82) is 0 Å². The van der Waals surface area contributed by atoms with E-state index < -0.39 is 0 Å². The highest BCUT2D eigenvalue weighted by Gasteiger charge is 2.37.